The predicted molar refractivity (Wildman–Crippen MR) is 65.6 cm³/mol. The number of rotatable bonds is 4. The molecular weight excluding hydrogens is 250 g/mol. The van der Waals surface area contributed by atoms with Crippen molar-refractivity contribution in [1.82, 2.24) is 4.98 Å². The molecule has 0 bridgehead atoms. The average molecular weight is 257 g/mol. The third-order valence-electron chi connectivity index (χ3n) is 1.59. The number of benzene rings is 1. The summed E-state index contributed by atoms with van der Waals surface area (Å²) in [6.45, 7) is 0. The first-order valence-electron chi connectivity index (χ1n) is 4.12. The Morgan fingerprint density at radius 3 is 3.00 bits per heavy atom. The number of thiazole rings is 1. The molecule has 0 amide bonds. The predicted octanol–water partition coefficient (Wildman–Crippen LogP) is 3.12. The molecule has 0 atom stereocenters. The summed E-state index contributed by atoms with van der Waals surface area (Å²) in [4.78, 5) is 14.7. The zero-order valence-electron chi connectivity index (χ0n) is 7.54. The highest BCUT2D eigenvalue weighted by Gasteiger charge is 2.05. The van der Waals surface area contributed by atoms with E-state index in [1.165, 1.54) is 21.6 Å². The van der Waals surface area contributed by atoms with Gasteiger partial charge in [0, 0.05) is 0 Å². The summed E-state index contributed by atoms with van der Waals surface area (Å²) in [7, 11) is 2.71. The van der Waals surface area contributed by atoms with E-state index < -0.39 is 5.97 Å². The van der Waals surface area contributed by atoms with E-state index in [4.69, 9.17) is 5.11 Å². The number of carboxylic acid groups (broad SMARTS) is 1. The number of hydrogen-bond acceptors (Lipinski definition) is 5. The van der Waals surface area contributed by atoms with Crippen molar-refractivity contribution in [3.8, 4) is 0 Å². The van der Waals surface area contributed by atoms with Crippen LogP contribution in [0.25, 0.3) is 10.2 Å². The summed E-state index contributed by atoms with van der Waals surface area (Å²) >= 11 is 1.59. The van der Waals surface area contributed by atoms with Gasteiger partial charge in [-0.3, -0.25) is 4.79 Å². The van der Waals surface area contributed by atoms with Crippen molar-refractivity contribution < 1.29 is 9.90 Å². The summed E-state index contributed by atoms with van der Waals surface area (Å²) in [6, 6.07) is 7.89. The first kappa shape index (κ1) is 10.8. The van der Waals surface area contributed by atoms with Crippen LogP contribution in [0.1, 0.15) is 0 Å². The average Bonchev–Trinajstić information content (AvgIpc) is 2.59. The van der Waals surface area contributed by atoms with Gasteiger partial charge >= 0.3 is 5.97 Å². The van der Waals surface area contributed by atoms with Gasteiger partial charge in [0.25, 0.3) is 0 Å². The van der Waals surface area contributed by atoms with E-state index >= 15 is 0 Å². The normalized spacial score (nSPS) is 10.7. The van der Waals surface area contributed by atoms with Gasteiger partial charge in [-0.1, -0.05) is 22.9 Å². The number of nitrogens with zero attached hydrogens (tertiary/aromatic N) is 1. The first-order chi connectivity index (χ1) is 7.25. The highest BCUT2D eigenvalue weighted by molar-refractivity contribution is 8.77. The zero-order valence-corrected chi connectivity index (χ0v) is 9.99. The van der Waals surface area contributed by atoms with E-state index in [0.717, 1.165) is 14.6 Å². The Bertz CT molecular complexity index is 450. The molecule has 1 N–H and O–H groups in total. The number of hydrogen-bond donors (Lipinski definition) is 1. The largest absolute Gasteiger partial charge is 0.481 e. The molecule has 1 aromatic heterocycles. The molecule has 0 aliphatic rings. The maximum Gasteiger partial charge on any atom is 0.314 e. The van der Waals surface area contributed by atoms with E-state index in [1.54, 1.807) is 11.3 Å². The van der Waals surface area contributed by atoms with Gasteiger partial charge in [-0.2, -0.15) is 0 Å². The number of fused-ring (bicyclic) bond motifs is 1. The third kappa shape index (κ3) is 2.87. The van der Waals surface area contributed by atoms with E-state index in [2.05, 4.69) is 4.98 Å². The van der Waals surface area contributed by atoms with Crippen LogP contribution in [-0.2, 0) is 4.79 Å². The summed E-state index contributed by atoms with van der Waals surface area (Å²) in [5.41, 5.74) is 0.973. The molecule has 0 saturated heterocycles. The lowest BCUT2D eigenvalue weighted by molar-refractivity contribution is -0.133. The molecule has 15 heavy (non-hydrogen) atoms. The van der Waals surface area contributed by atoms with E-state index in [-0.39, 0.29) is 5.75 Å². The Morgan fingerprint density at radius 2 is 2.27 bits per heavy atom. The SMILES string of the molecule is O=C(O)CSSc1nc2ccccc2s1. The quantitative estimate of drug-likeness (QED) is 0.853. The van der Waals surface area contributed by atoms with Crippen molar-refractivity contribution in [3.63, 3.8) is 0 Å². The van der Waals surface area contributed by atoms with Crippen molar-refractivity contribution >= 4 is 49.1 Å². The minimum absolute atomic E-state index is 0.0978. The molecule has 0 aliphatic heterocycles. The summed E-state index contributed by atoms with van der Waals surface area (Å²) in [5, 5.41) is 8.48. The smallest absolute Gasteiger partial charge is 0.314 e. The van der Waals surface area contributed by atoms with Crippen LogP contribution in [0, 0.1) is 0 Å². The van der Waals surface area contributed by atoms with Crippen LogP contribution in [0.5, 0.6) is 0 Å². The summed E-state index contributed by atoms with van der Waals surface area (Å²) < 4.78 is 2.04. The maximum absolute atomic E-state index is 10.3. The van der Waals surface area contributed by atoms with Gasteiger partial charge < -0.3 is 5.11 Å². The molecule has 2 rings (SSSR count). The number of para-hydroxylation sites is 1. The van der Waals surface area contributed by atoms with E-state index in [9.17, 15) is 4.79 Å². The fraction of sp³-hybridized carbons (Fsp3) is 0.111. The summed E-state index contributed by atoms with van der Waals surface area (Å²) in [6.07, 6.45) is 0. The fourth-order valence-corrected chi connectivity index (χ4v) is 4.15. The fourth-order valence-electron chi connectivity index (χ4n) is 1.02. The van der Waals surface area contributed by atoms with Gasteiger partial charge in [-0.05, 0) is 22.9 Å². The number of carbonyl (C=O) groups is 1. The third-order valence-corrected chi connectivity index (χ3v) is 5.13. The molecule has 6 heteroatoms. The van der Waals surface area contributed by atoms with Crippen LogP contribution < -0.4 is 0 Å². The Kier molecular flexibility index (Phi) is 3.50. The minimum atomic E-state index is -0.798. The number of aliphatic carboxylic acids is 1. The Morgan fingerprint density at radius 1 is 1.47 bits per heavy atom. The van der Waals surface area contributed by atoms with Gasteiger partial charge in [-0.25, -0.2) is 4.98 Å². The Balaban J connectivity index is 2.05. The molecule has 0 fully saturated rings. The topological polar surface area (TPSA) is 50.2 Å². The van der Waals surface area contributed by atoms with Crippen molar-refractivity contribution in [2.24, 2.45) is 0 Å². The minimum Gasteiger partial charge on any atom is -0.481 e. The molecule has 0 aliphatic carbocycles. The van der Waals surface area contributed by atoms with Gasteiger partial charge in [0.1, 0.15) is 5.75 Å². The molecular formula is C9H7NO2S3. The van der Waals surface area contributed by atoms with Gasteiger partial charge in [0.15, 0.2) is 4.34 Å². The number of aromatic nitrogens is 1. The summed E-state index contributed by atoms with van der Waals surface area (Å²) in [5.74, 6) is -0.700. The molecule has 78 valence electrons. The van der Waals surface area contributed by atoms with Crippen LogP contribution in [0.3, 0.4) is 0 Å². The Labute approximate surface area is 98.3 Å². The Hall–Kier alpha value is -0.720. The molecule has 0 spiro atoms. The van der Waals surface area contributed by atoms with Gasteiger partial charge in [-0.15, -0.1) is 11.3 Å². The van der Waals surface area contributed by atoms with Crippen LogP contribution >= 0.6 is 32.9 Å². The monoisotopic (exact) mass is 257 g/mol. The lowest BCUT2D eigenvalue weighted by Crippen LogP contribution is -1.95. The second-order valence-corrected chi connectivity index (χ2v) is 6.26. The maximum atomic E-state index is 10.3. The van der Waals surface area contributed by atoms with Crippen molar-refractivity contribution in [2.75, 3.05) is 5.75 Å². The van der Waals surface area contributed by atoms with Crippen LogP contribution in [0.4, 0.5) is 0 Å². The van der Waals surface area contributed by atoms with E-state index in [0.29, 0.717) is 0 Å². The molecule has 3 nitrogen and oxygen atoms in total. The van der Waals surface area contributed by atoms with Crippen LogP contribution in [0.15, 0.2) is 28.6 Å². The van der Waals surface area contributed by atoms with E-state index in [1.807, 2.05) is 24.3 Å². The highest BCUT2D eigenvalue weighted by atomic mass is 33.1. The van der Waals surface area contributed by atoms with Crippen molar-refractivity contribution in [1.29, 1.82) is 0 Å². The highest BCUT2D eigenvalue weighted by Crippen LogP contribution is 2.36. The number of carboxylic acids is 1. The standard InChI is InChI=1S/C9H7NO2S3/c11-8(12)5-13-15-9-10-6-3-1-2-4-7(6)14-9/h1-4H,5H2,(H,11,12). The van der Waals surface area contributed by atoms with Crippen molar-refractivity contribution in [2.45, 2.75) is 4.34 Å². The lowest BCUT2D eigenvalue weighted by atomic mass is 10.3. The van der Waals surface area contributed by atoms with Crippen LogP contribution in [-0.4, -0.2) is 21.8 Å². The molecule has 0 radical (unpaired) electrons. The zero-order chi connectivity index (χ0) is 10.7. The lowest BCUT2D eigenvalue weighted by Gasteiger charge is -1.91. The molecule has 1 aromatic carbocycles. The second-order valence-electron chi connectivity index (χ2n) is 2.69. The molecule has 0 unspecified atom stereocenters. The van der Waals surface area contributed by atoms with Gasteiger partial charge in [0.2, 0.25) is 0 Å². The first-order valence-corrected chi connectivity index (χ1v) is 7.26. The van der Waals surface area contributed by atoms with Crippen molar-refractivity contribution in [3.05, 3.63) is 24.3 Å². The molecule has 1 heterocycles. The second kappa shape index (κ2) is 4.87. The van der Waals surface area contributed by atoms with Gasteiger partial charge in [0.05, 0.1) is 10.2 Å². The van der Waals surface area contributed by atoms with Crippen LogP contribution in [0.2, 0.25) is 0 Å². The molecule has 0 saturated carbocycles. The molecule has 2 aromatic rings.